The highest BCUT2D eigenvalue weighted by molar-refractivity contribution is 5.71. The molecule has 6 heteroatoms. The fourth-order valence-electron chi connectivity index (χ4n) is 9.93. The molecule has 81 heavy (non-hydrogen) atoms. The molecule has 0 spiro atoms. The van der Waals surface area contributed by atoms with Crippen LogP contribution in [-0.2, 0) is 28.6 Å². The highest BCUT2D eigenvalue weighted by Gasteiger charge is 2.19. The van der Waals surface area contributed by atoms with Crippen LogP contribution in [0.4, 0.5) is 0 Å². The van der Waals surface area contributed by atoms with Crippen molar-refractivity contribution in [1.82, 2.24) is 0 Å². The lowest BCUT2D eigenvalue weighted by Gasteiger charge is -2.18. The Bertz CT molecular complexity index is 1580. The SMILES string of the molecule is CC/C=C\C/C=C\C/C=C\C/C=C\C/C=C\C/C=C\C/C=C\C/C=C\CCCCC(=O)OC(COC(=O)CCCCCCCCCC)COC(=O)CCCCCCCCCCCCCCCCCCCCCCCCCCCCCC. The first-order chi connectivity index (χ1) is 40.0. The molecular formula is C75H130O6. The molecule has 0 bridgehead atoms. The van der Waals surface area contributed by atoms with Crippen LogP contribution in [0.5, 0.6) is 0 Å². The lowest BCUT2D eigenvalue weighted by molar-refractivity contribution is -0.167. The van der Waals surface area contributed by atoms with E-state index in [2.05, 4.69) is 118 Å². The average Bonchev–Trinajstić information content (AvgIpc) is 3.47. The van der Waals surface area contributed by atoms with Gasteiger partial charge in [-0.25, -0.2) is 0 Å². The van der Waals surface area contributed by atoms with E-state index < -0.39 is 6.10 Å². The number of allylic oxidation sites excluding steroid dienone is 16. The summed E-state index contributed by atoms with van der Waals surface area (Å²) in [6.07, 6.45) is 93.2. The maximum atomic E-state index is 12.9. The van der Waals surface area contributed by atoms with Crippen molar-refractivity contribution >= 4 is 17.9 Å². The van der Waals surface area contributed by atoms with E-state index in [-0.39, 0.29) is 37.5 Å². The van der Waals surface area contributed by atoms with Gasteiger partial charge in [-0.05, 0) is 83.5 Å². The van der Waals surface area contributed by atoms with Gasteiger partial charge in [-0.3, -0.25) is 14.4 Å². The zero-order valence-corrected chi connectivity index (χ0v) is 53.5. The van der Waals surface area contributed by atoms with Gasteiger partial charge in [0.1, 0.15) is 13.2 Å². The fraction of sp³-hybridized carbons (Fsp3) is 0.747. The highest BCUT2D eigenvalue weighted by atomic mass is 16.6. The molecule has 0 N–H and O–H groups in total. The van der Waals surface area contributed by atoms with Crippen molar-refractivity contribution in [3.63, 3.8) is 0 Å². The van der Waals surface area contributed by atoms with Crippen molar-refractivity contribution in [2.45, 2.75) is 348 Å². The van der Waals surface area contributed by atoms with E-state index in [4.69, 9.17) is 14.2 Å². The molecule has 0 amide bonds. The van der Waals surface area contributed by atoms with Gasteiger partial charge in [-0.15, -0.1) is 0 Å². The molecule has 1 atom stereocenters. The molecule has 0 saturated carbocycles. The lowest BCUT2D eigenvalue weighted by Crippen LogP contribution is -2.30. The second-order valence-corrected chi connectivity index (χ2v) is 23.1. The molecule has 1 unspecified atom stereocenters. The Labute approximate surface area is 502 Å². The molecule has 0 aliphatic rings. The highest BCUT2D eigenvalue weighted by Crippen LogP contribution is 2.18. The van der Waals surface area contributed by atoms with E-state index in [0.717, 1.165) is 103 Å². The number of carbonyl (C=O) groups is 3. The van der Waals surface area contributed by atoms with Crippen LogP contribution in [0.15, 0.2) is 97.2 Å². The second kappa shape index (κ2) is 68.8. The van der Waals surface area contributed by atoms with Gasteiger partial charge in [0.25, 0.3) is 0 Å². The van der Waals surface area contributed by atoms with E-state index in [1.165, 1.54) is 193 Å². The molecule has 0 heterocycles. The Morgan fingerprint density at radius 2 is 0.481 bits per heavy atom. The number of hydrogen-bond acceptors (Lipinski definition) is 6. The first-order valence-electron chi connectivity index (χ1n) is 34.7. The van der Waals surface area contributed by atoms with Gasteiger partial charge in [0.2, 0.25) is 0 Å². The molecule has 0 aromatic rings. The third kappa shape index (κ3) is 67.0. The number of unbranched alkanes of at least 4 members (excludes halogenated alkanes) is 36. The van der Waals surface area contributed by atoms with Crippen LogP contribution in [0.1, 0.15) is 342 Å². The van der Waals surface area contributed by atoms with Gasteiger partial charge in [0.05, 0.1) is 0 Å². The first-order valence-corrected chi connectivity index (χ1v) is 34.7. The van der Waals surface area contributed by atoms with Gasteiger partial charge in [0.15, 0.2) is 6.10 Å². The van der Waals surface area contributed by atoms with Crippen LogP contribution in [0, 0.1) is 0 Å². The van der Waals surface area contributed by atoms with Gasteiger partial charge in [-0.2, -0.15) is 0 Å². The minimum atomic E-state index is -0.799. The quantitative estimate of drug-likeness (QED) is 0.0261. The Balaban J connectivity index is 4.19. The third-order valence-electron chi connectivity index (χ3n) is 15.1. The van der Waals surface area contributed by atoms with Crippen molar-refractivity contribution in [2.75, 3.05) is 13.2 Å². The number of carbonyl (C=O) groups excluding carboxylic acids is 3. The van der Waals surface area contributed by atoms with Crippen molar-refractivity contribution < 1.29 is 28.6 Å². The fourth-order valence-corrected chi connectivity index (χ4v) is 9.93. The van der Waals surface area contributed by atoms with Crippen LogP contribution in [0.3, 0.4) is 0 Å². The van der Waals surface area contributed by atoms with Crippen LogP contribution in [-0.4, -0.2) is 37.2 Å². The molecule has 0 aromatic heterocycles. The Morgan fingerprint density at radius 3 is 0.753 bits per heavy atom. The molecule has 6 nitrogen and oxygen atoms in total. The summed E-state index contributed by atoms with van der Waals surface area (Å²) in [5.41, 5.74) is 0. The molecule has 0 saturated heterocycles. The number of esters is 3. The molecule has 0 aromatic carbocycles. The Morgan fingerprint density at radius 1 is 0.259 bits per heavy atom. The van der Waals surface area contributed by atoms with E-state index in [1.807, 2.05) is 0 Å². The number of rotatable bonds is 63. The maximum Gasteiger partial charge on any atom is 0.306 e. The summed E-state index contributed by atoms with van der Waals surface area (Å²) in [4.78, 5) is 38.2. The normalized spacial score (nSPS) is 12.7. The lowest BCUT2D eigenvalue weighted by atomic mass is 10.0. The maximum absolute atomic E-state index is 12.9. The largest absolute Gasteiger partial charge is 0.462 e. The summed E-state index contributed by atoms with van der Waals surface area (Å²) in [7, 11) is 0. The monoisotopic (exact) mass is 1130 g/mol. The molecular weight excluding hydrogens is 997 g/mol. The molecule has 0 aliphatic heterocycles. The van der Waals surface area contributed by atoms with Gasteiger partial charge >= 0.3 is 17.9 Å². The Kier molecular flexibility index (Phi) is 65.7. The summed E-state index contributed by atoms with van der Waals surface area (Å²) in [6.45, 7) is 6.50. The summed E-state index contributed by atoms with van der Waals surface area (Å²) in [6, 6.07) is 0. The van der Waals surface area contributed by atoms with Crippen LogP contribution in [0.2, 0.25) is 0 Å². The zero-order valence-electron chi connectivity index (χ0n) is 53.5. The third-order valence-corrected chi connectivity index (χ3v) is 15.1. The van der Waals surface area contributed by atoms with Crippen molar-refractivity contribution in [3.05, 3.63) is 97.2 Å². The van der Waals surface area contributed by atoms with E-state index in [9.17, 15) is 14.4 Å². The van der Waals surface area contributed by atoms with Gasteiger partial charge in [0, 0.05) is 19.3 Å². The van der Waals surface area contributed by atoms with Crippen LogP contribution >= 0.6 is 0 Å². The average molecular weight is 1130 g/mol. The van der Waals surface area contributed by atoms with Crippen molar-refractivity contribution in [1.29, 1.82) is 0 Å². The molecule has 0 radical (unpaired) electrons. The predicted molar refractivity (Wildman–Crippen MR) is 353 cm³/mol. The summed E-state index contributed by atoms with van der Waals surface area (Å²) >= 11 is 0. The summed E-state index contributed by atoms with van der Waals surface area (Å²) in [5.74, 6) is -0.928. The van der Waals surface area contributed by atoms with Crippen molar-refractivity contribution in [2.24, 2.45) is 0 Å². The van der Waals surface area contributed by atoms with Gasteiger partial charge in [-0.1, -0.05) is 336 Å². The topological polar surface area (TPSA) is 78.9 Å². The smallest absolute Gasteiger partial charge is 0.306 e. The minimum Gasteiger partial charge on any atom is -0.462 e. The van der Waals surface area contributed by atoms with E-state index >= 15 is 0 Å². The molecule has 466 valence electrons. The molecule has 0 rings (SSSR count). The molecule has 0 fully saturated rings. The van der Waals surface area contributed by atoms with Crippen LogP contribution < -0.4 is 0 Å². The van der Waals surface area contributed by atoms with E-state index in [1.54, 1.807) is 0 Å². The number of ether oxygens (including phenoxy) is 3. The summed E-state index contributed by atoms with van der Waals surface area (Å²) < 4.78 is 16.9. The number of hydrogen-bond donors (Lipinski definition) is 0. The standard InChI is InChI=1S/C75H130O6/c1-4-7-10-13-16-19-21-23-25-27-29-31-33-35-37-39-40-42-44-46-48-50-52-54-56-59-62-65-68-74(77)80-71-72(70-79-73(76)67-64-61-58-18-15-12-9-6-3)81-75(78)69-66-63-60-57-55-53-51-49-47-45-43-41-38-36-34-32-30-28-26-24-22-20-17-14-11-8-5-2/h8,11,17,20,24,26,30,32,36,38,43,45,49,51,55,57,72H,4-7,9-10,12-16,18-19,21-23,25,27-29,31,33-35,37,39-42,44,46-48,50,52-54,56,58-71H2,1-3H3/b11-8-,20-17-,26-24-,32-30-,38-36-,45-43-,51-49-,57-55-. The van der Waals surface area contributed by atoms with E-state index in [0.29, 0.717) is 19.3 Å². The van der Waals surface area contributed by atoms with Crippen LogP contribution in [0.25, 0.3) is 0 Å². The predicted octanol–water partition coefficient (Wildman–Crippen LogP) is 24.0. The second-order valence-electron chi connectivity index (χ2n) is 23.1. The van der Waals surface area contributed by atoms with Gasteiger partial charge < -0.3 is 14.2 Å². The summed E-state index contributed by atoms with van der Waals surface area (Å²) in [5, 5.41) is 0. The Hall–Kier alpha value is -3.67. The first kappa shape index (κ1) is 77.3. The minimum absolute atomic E-state index is 0.0918. The molecule has 0 aliphatic carbocycles. The zero-order chi connectivity index (χ0) is 58.5. The van der Waals surface area contributed by atoms with Crippen molar-refractivity contribution in [3.8, 4) is 0 Å².